The topological polar surface area (TPSA) is 57.6 Å². The molecule has 9 heteroatoms. The predicted octanol–water partition coefficient (Wildman–Crippen LogP) is 2.61. The van der Waals surface area contributed by atoms with Gasteiger partial charge in [-0.15, -0.1) is 0 Å². The highest BCUT2D eigenvalue weighted by atomic mass is 35.5. The molecule has 0 spiro atoms. The summed E-state index contributed by atoms with van der Waals surface area (Å²) in [6, 6.07) is 2.60. The molecule has 124 valence electrons. The maximum Gasteiger partial charge on any atom is 0.417 e. The van der Waals surface area contributed by atoms with E-state index < -0.39 is 26.7 Å². The van der Waals surface area contributed by atoms with Gasteiger partial charge in [-0.25, -0.2) is 8.42 Å². The van der Waals surface area contributed by atoms with E-state index in [1.54, 1.807) is 6.92 Å². The summed E-state index contributed by atoms with van der Waals surface area (Å²) in [4.78, 5) is -0.810. The van der Waals surface area contributed by atoms with E-state index >= 15 is 0 Å². The lowest BCUT2D eigenvalue weighted by Gasteiger charge is -2.20. The summed E-state index contributed by atoms with van der Waals surface area (Å²) in [6.07, 6.45) is -4.82. The van der Waals surface area contributed by atoms with E-state index in [2.05, 4.69) is 0 Å². The van der Waals surface area contributed by atoms with Gasteiger partial charge in [0, 0.05) is 24.7 Å². The van der Waals surface area contributed by atoms with E-state index in [1.165, 1.54) is 0 Å². The fourth-order valence-corrected chi connectivity index (χ4v) is 4.47. The zero-order chi connectivity index (χ0) is 16.7. The normalized spacial score (nSPS) is 23.9. The molecule has 2 atom stereocenters. The molecule has 2 rings (SSSR count). The van der Waals surface area contributed by atoms with Crippen molar-refractivity contribution in [1.29, 1.82) is 0 Å². The van der Waals surface area contributed by atoms with Crippen LogP contribution >= 0.6 is 11.6 Å². The van der Waals surface area contributed by atoms with E-state index in [1.807, 2.05) is 0 Å². The Morgan fingerprint density at radius 2 is 2.00 bits per heavy atom. The van der Waals surface area contributed by atoms with Gasteiger partial charge in [-0.05, 0) is 30.0 Å². The smallest absolute Gasteiger partial charge is 0.396 e. The Balaban J connectivity index is 2.47. The summed E-state index contributed by atoms with van der Waals surface area (Å²) >= 11 is 5.56. The number of benzene rings is 1. The minimum absolute atomic E-state index is 0.0000758. The summed E-state index contributed by atoms with van der Waals surface area (Å²) in [5.74, 6) is -0.405. The van der Waals surface area contributed by atoms with Gasteiger partial charge in [-0.1, -0.05) is 18.5 Å². The average molecular weight is 358 g/mol. The Bertz CT molecular complexity index is 663. The van der Waals surface area contributed by atoms with Crippen LogP contribution in [0.5, 0.6) is 0 Å². The SMILES string of the molecule is C[C@@H]1CN(S(=O)(=O)c2ccc(Cl)cc2C(F)(F)F)C[C@H]1CO. The Morgan fingerprint density at radius 1 is 1.36 bits per heavy atom. The number of rotatable bonds is 3. The summed E-state index contributed by atoms with van der Waals surface area (Å²) < 4.78 is 65.3. The molecule has 0 aromatic heterocycles. The minimum Gasteiger partial charge on any atom is -0.396 e. The molecule has 1 aliphatic rings. The third kappa shape index (κ3) is 3.24. The fourth-order valence-electron chi connectivity index (χ4n) is 2.51. The lowest BCUT2D eigenvalue weighted by Crippen LogP contribution is -2.31. The first-order valence-electron chi connectivity index (χ1n) is 6.55. The maximum absolute atomic E-state index is 13.1. The van der Waals surface area contributed by atoms with Gasteiger partial charge >= 0.3 is 6.18 Å². The number of hydrogen-bond acceptors (Lipinski definition) is 3. The van der Waals surface area contributed by atoms with Crippen LogP contribution in [0.25, 0.3) is 0 Å². The second-order valence-corrected chi connectivity index (χ2v) is 7.72. The summed E-state index contributed by atoms with van der Waals surface area (Å²) in [5, 5.41) is 9.01. The molecule has 1 aliphatic heterocycles. The van der Waals surface area contributed by atoms with Gasteiger partial charge in [0.15, 0.2) is 0 Å². The zero-order valence-corrected chi connectivity index (χ0v) is 13.2. The van der Waals surface area contributed by atoms with Gasteiger partial charge < -0.3 is 5.11 Å². The highest BCUT2D eigenvalue weighted by molar-refractivity contribution is 7.89. The van der Waals surface area contributed by atoms with Gasteiger partial charge in [0.1, 0.15) is 0 Å². The predicted molar refractivity (Wildman–Crippen MR) is 75.0 cm³/mol. The monoisotopic (exact) mass is 357 g/mol. The summed E-state index contributed by atoms with van der Waals surface area (Å²) in [5.41, 5.74) is -1.28. The highest BCUT2D eigenvalue weighted by Crippen LogP contribution is 2.38. The molecular weight excluding hydrogens is 343 g/mol. The molecule has 22 heavy (non-hydrogen) atoms. The van der Waals surface area contributed by atoms with Gasteiger partial charge in [-0.3, -0.25) is 0 Å². The maximum atomic E-state index is 13.1. The number of alkyl halides is 3. The molecule has 4 nitrogen and oxygen atoms in total. The molecule has 1 fully saturated rings. The summed E-state index contributed by atoms with van der Waals surface area (Å²) in [6.45, 7) is 1.62. The standard InChI is InChI=1S/C13H15ClF3NO3S/c1-8-5-18(6-9(8)7-19)22(20,21)12-3-2-10(14)4-11(12)13(15,16)17/h2-4,8-9,19H,5-7H2,1H3/t8-,9+/m1/s1. The van der Waals surface area contributed by atoms with E-state index in [0.29, 0.717) is 6.07 Å². The Kier molecular flexibility index (Phi) is 4.77. The van der Waals surface area contributed by atoms with E-state index in [9.17, 15) is 26.7 Å². The molecule has 0 aliphatic carbocycles. The van der Waals surface area contributed by atoms with E-state index in [-0.39, 0.29) is 36.6 Å². The van der Waals surface area contributed by atoms with Crippen LogP contribution in [0, 0.1) is 11.8 Å². The number of sulfonamides is 1. The van der Waals surface area contributed by atoms with E-state index in [0.717, 1.165) is 16.4 Å². The molecule has 1 saturated heterocycles. The molecule has 1 aromatic rings. The van der Waals surface area contributed by atoms with Gasteiger partial charge in [0.05, 0.1) is 10.5 Å². The molecule has 0 radical (unpaired) electrons. The quantitative estimate of drug-likeness (QED) is 0.904. The first-order chi connectivity index (χ1) is 10.1. The minimum atomic E-state index is -4.82. The third-order valence-corrected chi connectivity index (χ3v) is 5.96. The van der Waals surface area contributed by atoms with Crippen molar-refractivity contribution < 1.29 is 26.7 Å². The Labute approximate surface area is 131 Å². The van der Waals surface area contributed by atoms with Crippen LogP contribution in [0.15, 0.2) is 23.1 Å². The second-order valence-electron chi connectivity index (χ2n) is 5.38. The van der Waals surface area contributed by atoms with Gasteiger partial charge in [0.2, 0.25) is 10.0 Å². The number of halogens is 4. The van der Waals surface area contributed by atoms with Crippen molar-refractivity contribution in [2.24, 2.45) is 11.8 Å². The fraction of sp³-hybridized carbons (Fsp3) is 0.538. The van der Waals surface area contributed by atoms with Crippen molar-refractivity contribution in [1.82, 2.24) is 4.31 Å². The van der Waals surface area contributed by atoms with Crippen molar-refractivity contribution in [3.63, 3.8) is 0 Å². The molecule has 0 amide bonds. The van der Waals surface area contributed by atoms with Crippen LogP contribution in [0.2, 0.25) is 5.02 Å². The number of aliphatic hydroxyl groups excluding tert-OH is 1. The Morgan fingerprint density at radius 3 is 2.50 bits per heavy atom. The zero-order valence-electron chi connectivity index (χ0n) is 11.6. The molecule has 1 N–H and O–H groups in total. The first-order valence-corrected chi connectivity index (χ1v) is 8.37. The van der Waals surface area contributed by atoms with Crippen LogP contribution in [0.1, 0.15) is 12.5 Å². The van der Waals surface area contributed by atoms with Crippen molar-refractivity contribution in [2.75, 3.05) is 19.7 Å². The van der Waals surface area contributed by atoms with Crippen molar-refractivity contribution in [3.05, 3.63) is 28.8 Å². The highest BCUT2D eigenvalue weighted by Gasteiger charge is 2.42. The largest absolute Gasteiger partial charge is 0.417 e. The number of aliphatic hydroxyl groups is 1. The molecular formula is C13H15ClF3NO3S. The second kappa shape index (κ2) is 5.99. The van der Waals surface area contributed by atoms with Gasteiger partial charge in [0.25, 0.3) is 0 Å². The third-order valence-electron chi connectivity index (χ3n) is 3.83. The van der Waals surface area contributed by atoms with Crippen molar-refractivity contribution in [3.8, 4) is 0 Å². The Hall–Kier alpha value is -0.830. The summed E-state index contributed by atoms with van der Waals surface area (Å²) in [7, 11) is -4.30. The van der Waals surface area contributed by atoms with Crippen molar-refractivity contribution in [2.45, 2.75) is 18.0 Å². The van der Waals surface area contributed by atoms with Crippen LogP contribution in [-0.2, 0) is 16.2 Å². The van der Waals surface area contributed by atoms with Crippen LogP contribution in [0.4, 0.5) is 13.2 Å². The number of hydrogen-bond donors (Lipinski definition) is 1. The lowest BCUT2D eigenvalue weighted by molar-refractivity contribution is -0.139. The van der Waals surface area contributed by atoms with Gasteiger partial charge in [-0.2, -0.15) is 17.5 Å². The molecule has 1 heterocycles. The van der Waals surface area contributed by atoms with Crippen LogP contribution < -0.4 is 0 Å². The van der Waals surface area contributed by atoms with Crippen molar-refractivity contribution >= 4 is 21.6 Å². The molecule has 0 saturated carbocycles. The lowest BCUT2D eigenvalue weighted by atomic mass is 10.00. The molecule has 1 aromatic carbocycles. The average Bonchev–Trinajstić information content (AvgIpc) is 2.79. The van der Waals surface area contributed by atoms with Crippen LogP contribution in [-0.4, -0.2) is 37.5 Å². The number of nitrogens with zero attached hydrogens (tertiary/aromatic N) is 1. The van der Waals surface area contributed by atoms with E-state index in [4.69, 9.17) is 11.6 Å². The molecule has 0 unspecified atom stereocenters. The first kappa shape index (κ1) is 17.5. The van der Waals surface area contributed by atoms with Crippen LogP contribution in [0.3, 0.4) is 0 Å². The molecule has 0 bridgehead atoms.